The second kappa shape index (κ2) is 6.45. The number of ether oxygens (including phenoxy) is 1. The smallest absolute Gasteiger partial charge is 0.137 e. The summed E-state index contributed by atoms with van der Waals surface area (Å²) < 4.78 is 5.29. The molecule has 0 saturated carbocycles. The third kappa shape index (κ3) is 3.39. The third-order valence-corrected chi connectivity index (χ3v) is 2.95. The zero-order valence-electron chi connectivity index (χ0n) is 10.8. The Labute approximate surface area is 118 Å². The molecule has 0 fully saturated rings. The number of aromatic nitrogens is 1. The van der Waals surface area contributed by atoms with Gasteiger partial charge in [0.15, 0.2) is 0 Å². The van der Waals surface area contributed by atoms with Gasteiger partial charge in [0, 0.05) is 18.5 Å². The number of benzene rings is 1. The maximum atomic E-state index is 5.76. The van der Waals surface area contributed by atoms with E-state index in [1.165, 1.54) is 0 Å². The van der Waals surface area contributed by atoms with Crippen LogP contribution in [0.3, 0.4) is 0 Å². The van der Waals surface area contributed by atoms with E-state index in [1.54, 1.807) is 0 Å². The summed E-state index contributed by atoms with van der Waals surface area (Å²) in [5.41, 5.74) is 7.44. The van der Waals surface area contributed by atoms with Gasteiger partial charge in [-0.25, -0.2) is 4.98 Å². The lowest BCUT2D eigenvalue weighted by Crippen LogP contribution is -2.17. The Balaban J connectivity index is 2.28. The van der Waals surface area contributed by atoms with E-state index >= 15 is 0 Å². The van der Waals surface area contributed by atoms with E-state index in [0.29, 0.717) is 30.6 Å². The Morgan fingerprint density at radius 1 is 1.42 bits per heavy atom. The molecule has 1 aromatic heterocycles. The van der Waals surface area contributed by atoms with Gasteiger partial charge in [-0.15, -0.1) is 0 Å². The molecule has 0 radical (unpaired) electrons. The topological polar surface area (TPSA) is 60.2 Å². The van der Waals surface area contributed by atoms with Gasteiger partial charge in [0.1, 0.15) is 10.8 Å². The van der Waals surface area contributed by atoms with Crippen LogP contribution in [0, 0.1) is 0 Å². The van der Waals surface area contributed by atoms with Crippen molar-refractivity contribution in [1.82, 2.24) is 4.98 Å². The van der Waals surface area contributed by atoms with Crippen LogP contribution in [0.5, 0.6) is 0 Å². The summed E-state index contributed by atoms with van der Waals surface area (Å²) >= 11 is 5.08. The molecule has 3 N–H and O–H groups in total. The van der Waals surface area contributed by atoms with Crippen LogP contribution in [0.4, 0.5) is 5.82 Å². The molecule has 1 aromatic carbocycles. The van der Waals surface area contributed by atoms with Crippen LogP contribution in [-0.4, -0.2) is 29.7 Å². The number of nitrogens with zero attached hydrogens (tertiary/aromatic N) is 1. The van der Waals surface area contributed by atoms with Crippen molar-refractivity contribution in [3.63, 3.8) is 0 Å². The molecule has 0 aliphatic rings. The van der Waals surface area contributed by atoms with Gasteiger partial charge < -0.3 is 15.8 Å². The van der Waals surface area contributed by atoms with E-state index < -0.39 is 0 Å². The summed E-state index contributed by atoms with van der Waals surface area (Å²) in [5.74, 6) is 0.714. The first-order chi connectivity index (χ1) is 9.22. The molecule has 1 heterocycles. The largest absolute Gasteiger partial charge is 0.389 e. The summed E-state index contributed by atoms with van der Waals surface area (Å²) in [7, 11) is 0. The molecule has 19 heavy (non-hydrogen) atoms. The van der Waals surface area contributed by atoms with Crippen LogP contribution in [0.1, 0.15) is 12.5 Å². The minimum absolute atomic E-state index is 0.345. The Hall–Kier alpha value is -1.72. The monoisotopic (exact) mass is 275 g/mol. The predicted octanol–water partition coefficient (Wildman–Crippen LogP) is 2.32. The highest BCUT2D eigenvalue weighted by Gasteiger charge is 2.08. The SMILES string of the molecule is CCOCCNc1nc2ccccc2cc1C(N)=S. The van der Waals surface area contributed by atoms with Crippen LogP contribution in [0.15, 0.2) is 30.3 Å². The van der Waals surface area contributed by atoms with Crippen LogP contribution in [0.2, 0.25) is 0 Å². The minimum Gasteiger partial charge on any atom is -0.389 e. The van der Waals surface area contributed by atoms with E-state index in [4.69, 9.17) is 22.7 Å². The number of fused-ring (bicyclic) bond motifs is 1. The van der Waals surface area contributed by atoms with Crippen LogP contribution in [-0.2, 0) is 4.74 Å². The average molecular weight is 275 g/mol. The first-order valence-electron chi connectivity index (χ1n) is 6.23. The highest BCUT2D eigenvalue weighted by Crippen LogP contribution is 2.20. The van der Waals surface area contributed by atoms with Crippen molar-refractivity contribution in [3.8, 4) is 0 Å². The van der Waals surface area contributed by atoms with Gasteiger partial charge in [0.25, 0.3) is 0 Å². The van der Waals surface area contributed by atoms with Crippen LogP contribution >= 0.6 is 12.2 Å². The highest BCUT2D eigenvalue weighted by atomic mass is 32.1. The molecular weight excluding hydrogens is 258 g/mol. The predicted molar refractivity (Wildman–Crippen MR) is 82.6 cm³/mol. The number of anilines is 1. The van der Waals surface area contributed by atoms with Crippen molar-refractivity contribution in [2.75, 3.05) is 25.1 Å². The van der Waals surface area contributed by atoms with Gasteiger partial charge in [-0.3, -0.25) is 0 Å². The Morgan fingerprint density at radius 3 is 2.95 bits per heavy atom. The molecule has 0 amide bonds. The average Bonchev–Trinajstić information content (AvgIpc) is 2.42. The molecule has 100 valence electrons. The fourth-order valence-electron chi connectivity index (χ4n) is 1.82. The van der Waals surface area contributed by atoms with E-state index in [9.17, 15) is 0 Å². The van der Waals surface area contributed by atoms with Crippen molar-refractivity contribution in [2.45, 2.75) is 6.92 Å². The highest BCUT2D eigenvalue weighted by molar-refractivity contribution is 7.80. The fraction of sp³-hybridized carbons (Fsp3) is 0.286. The van der Waals surface area contributed by atoms with Crippen molar-refractivity contribution < 1.29 is 4.74 Å². The van der Waals surface area contributed by atoms with Gasteiger partial charge >= 0.3 is 0 Å². The van der Waals surface area contributed by atoms with Gasteiger partial charge in [0.2, 0.25) is 0 Å². The second-order valence-corrected chi connectivity index (χ2v) is 4.51. The first-order valence-corrected chi connectivity index (χ1v) is 6.64. The molecule has 0 unspecified atom stereocenters. The van der Waals surface area contributed by atoms with E-state index in [-0.39, 0.29) is 0 Å². The zero-order chi connectivity index (χ0) is 13.7. The molecule has 0 atom stereocenters. The zero-order valence-corrected chi connectivity index (χ0v) is 11.7. The summed E-state index contributed by atoms with van der Waals surface area (Å²) in [5, 5.41) is 4.25. The Bertz CT molecular complexity index is 586. The van der Waals surface area contributed by atoms with Crippen LogP contribution in [0.25, 0.3) is 10.9 Å². The normalized spacial score (nSPS) is 10.6. The number of para-hydroxylation sites is 1. The molecule has 2 aromatic rings. The third-order valence-electron chi connectivity index (χ3n) is 2.73. The van der Waals surface area contributed by atoms with E-state index in [0.717, 1.165) is 16.5 Å². The minimum atomic E-state index is 0.345. The maximum absolute atomic E-state index is 5.76. The standard InChI is InChI=1S/C14H17N3OS/c1-2-18-8-7-16-14-11(13(15)19)9-10-5-3-4-6-12(10)17-14/h3-6,9H,2,7-8H2,1H3,(H2,15,19)(H,16,17). The van der Waals surface area contributed by atoms with Crippen molar-refractivity contribution >= 4 is 33.9 Å². The first kappa shape index (κ1) is 13.7. The summed E-state index contributed by atoms with van der Waals surface area (Å²) in [6.45, 7) is 3.97. The molecule has 0 saturated heterocycles. The van der Waals surface area contributed by atoms with E-state index in [1.807, 2.05) is 37.3 Å². The second-order valence-electron chi connectivity index (χ2n) is 4.07. The maximum Gasteiger partial charge on any atom is 0.137 e. The number of thiocarbonyl (C=S) groups is 1. The molecule has 0 aliphatic heterocycles. The summed E-state index contributed by atoms with van der Waals surface area (Å²) in [4.78, 5) is 4.90. The lowest BCUT2D eigenvalue weighted by Gasteiger charge is -2.11. The van der Waals surface area contributed by atoms with Crippen molar-refractivity contribution in [2.24, 2.45) is 5.73 Å². The molecule has 0 spiro atoms. The lowest BCUT2D eigenvalue weighted by molar-refractivity contribution is 0.158. The fourth-order valence-corrected chi connectivity index (χ4v) is 1.98. The van der Waals surface area contributed by atoms with Gasteiger partial charge in [-0.05, 0) is 19.1 Å². The number of pyridine rings is 1. The molecule has 5 heteroatoms. The Morgan fingerprint density at radius 2 is 2.21 bits per heavy atom. The van der Waals surface area contributed by atoms with Crippen LogP contribution < -0.4 is 11.1 Å². The quantitative estimate of drug-likeness (QED) is 0.626. The van der Waals surface area contributed by atoms with Gasteiger partial charge in [0.05, 0.1) is 17.7 Å². The lowest BCUT2D eigenvalue weighted by atomic mass is 10.1. The molecule has 4 nitrogen and oxygen atoms in total. The number of rotatable bonds is 6. The van der Waals surface area contributed by atoms with Gasteiger partial charge in [-0.1, -0.05) is 30.4 Å². The van der Waals surface area contributed by atoms with Gasteiger partial charge in [-0.2, -0.15) is 0 Å². The van der Waals surface area contributed by atoms with E-state index in [2.05, 4.69) is 10.3 Å². The summed E-state index contributed by atoms with van der Waals surface area (Å²) in [6, 6.07) is 9.85. The molecular formula is C14H17N3OS. The number of hydrogen-bond donors (Lipinski definition) is 2. The summed E-state index contributed by atoms with van der Waals surface area (Å²) in [6.07, 6.45) is 0. The number of nitrogens with two attached hydrogens (primary N) is 1. The number of nitrogens with one attached hydrogen (secondary N) is 1. The molecule has 0 aliphatic carbocycles. The molecule has 2 rings (SSSR count). The number of hydrogen-bond acceptors (Lipinski definition) is 4. The van der Waals surface area contributed by atoms with Crippen molar-refractivity contribution in [3.05, 3.63) is 35.9 Å². The Kier molecular flexibility index (Phi) is 4.65. The molecule has 0 bridgehead atoms. The van der Waals surface area contributed by atoms with Crippen molar-refractivity contribution in [1.29, 1.82) is 0 Å².